The molecule has 6 aromatic rings. The number of nitrogens with zero attached hydrogens (tertiary/aromatic N) is 5. The number of fused-ring (bicyclic) bond motifs is 2. The summed E-state index contributed by atoms with van der Waals surface area (Å²) in [6.07, 6.45) is -3.86. The van der Waals surface area contributed by atoms with Gasteiger partial charge in [-0.05, 0) is 160 Å². The normalized spacial score (nSPS) is 18.0. The molecule has 99 heavy (non-hydrogen) atoms. The Kier molecular flexibility index (Phi) is 24.9. The van der Waals surface area contributed by atoms with Crippen LogP contribution in [0.3, 0.4) is 0 Å². The summed E-state index contributed by atoms with van der Waals surface area (Å²) >= 11 is 0. The second kappa shape index (κ2) is 33.6. The van der Waals surface area contributed by atoms with Crippen LogP contribution in [0.2, 0.25) is 0 Å². The molecule has 2 atom stereocenters. The van der Waals surface area contributed by atoms with Crippen LogP contribution in [0, 0.1) is 5.82 Å². The first-order valence-electron chi connectivity index (χ1n) is 34.0. The van der Waals surface area contributed by atoms with Gasteiger partial charge in [0.25, 0.3) is 5.91 Å². The summed E-state index contributed by atoms with van der Waals surface area (Å²) in [6, 6.07) is 39.4. The highest BCUT2D eigenvalue weighted by Crippen LogP contribution is 2.48. The smallest absolute Gasteiger partial charge is 0.416 e. The maximum absolute atomic E-state index is 14.2. The largest absolute Gasteiger partial charge is 0.449 e. The molecule has 3 heterocycles. The van der Waals surface area contributed by atoms with Gasteiger partial charge >= 0.3 is 24.5 Å². The van der Waals surface area contributed by atoms with Crippen molar-refractivity contribution in [1.82, 2.24) is 29.8 Å². The Morgan fingerprint density at radius 3 is 2.05 bits per heavy atom. The molecule has 17 nitrogen and oxygen atoms in total. The van der Waals surface area contributed by atoms with Crippen molar-refractivity contribution in [2.75, 3.05) is 110 Å². The molecule has 5 amide bonds. The molecule has 3 aliphatic heterocycles. The van der Waals surface area contributed by atoms with Crippen LogP contribution in [0.1, 0.15) is 114 Å². The number of rotatable bonds is 28. The van der Waals surface area contributed by atoms with Gasteiger partial charge in [0, 0.05) is 88.6 Å². The number of benzene rings is 6. The second-order valence-electron chi connectivity index (χ2n) is 26.2. The number of unbranched alkanes of at least 4 members (excludes halogenated alkanes) is 3. The first-order valence-corrected chi connectivity index (χ1v) is 34.0. The van der Waals surface area contributed by atoms with Gasteiger partial charge in [0.15, 0.2) is 0 Å². The molecule has 0 aromatic heterocycles. The van der Waals surface area contributed by atoms with E-state index in [4.69, 9.17) is 18.9 Å². The Balaban J connectivity index is 0.573. The summed E-state index contributed by atoms with van der Waals surface area (Å²) in [5.41, 5.74) is 1.41. The molecule has 24 heteroatoms. The van der Waals surface area contributed by atoms with Crippen molar-refractivity contribution in [2.24, 2.45) is 0 Å². The van der Waals surface area contributed by atoms with Crippen LogP contribution in [0.15, 0.2) is 146 Å². The van der Waals surface area contributed by atoms with Gasteiger partial charge < -0.3 is 48.8 Å². The van der Waals surface area contributed by atoms with Gasteiger partial charge in [-0.3, -0.25) is 25.0 Å². The minimum atomic E-state index is -5.15. The van der Waals surface area contributed by atoms with Crippen molar-refractivity contribution in [3.63, 3.8) is 0 Å². The van der Waals surface area contributed by atoms with Crippen molar-refractivity contribution < 1.29 is 73.7 Å². The highest BCUT2D eigenvalue weighted by atomic mass is 19.4. The van der Waals surface area contributed by atoms with E-state index in [1.54, 1.807) is 16.8 Å². The number of nitrogens with one attached hydrogen (secondary N) is 3. The predicted molar refractivity (Wildman–Crippen MR) is 361 cm³/mol. The molecule has 4 aliphatic rings. The van der Waals surface area contributed by atoms with Crippen molar-refractivity contribution in [3.05, 3.63) is 190 Å². The van der Waals surface area contributed by atoms with E-state index in [9.17, 15) is 54.7 Å². The SMILES string of the molecule is CN(CCN1CCC(OC(=O)Nc2ccccc2-c2ccccc2)CC1)C(=O)CCCCCNCc1ccc(NC(=O)OCCCCN(C)C(=O)CO[C@H]2Cc3ccccc3C23CCN(CC[C@@]2(c4ccc(F)cc4)CN(C(=O)c4cc(C(F)(F)F)cc(C(F)(F)F)c4)CO2)CC3)cc1. The van der Waals surface area contributed by atoms with E-state index in [0.717, 1.165) is 91.0 Å². The molecule has 3 fully saturated rings. The number of piperidine rings is 2. The maximum atomic E-state index is 14.2. The van der Waals surface area contributed by atoms with Crippen LogP contribution in [-0.4, -0.2) is 166 Å². The van der Waals surface area contributed by atoms with E-state index in [0.29, 0.717) is 107 Å². The molecular weight excluding hydrogens is 1290 g/mol. The predicted octanol–water partition coefficient (Wildman–Crippen LogP) is 13.5. The van der Waals surface area contributed by atoms with Crippen LogP contribution >= 0.6 is 0 Å². The lowest BCUT2D eigenvalue weighted by atomic mass is 9.72. The number of carbonyl (C=O) groups excluding carboxylic acids is 5. The number of hydrogen-bond acceptors (Lipinski definition) is 12. The molecule has 1 spiro atoms. The topological polar surface area (TPSA) is 175 Å². The second-order valence-corrected chi connectivity index (χ2v) is 26.2. The van der Waals surface area contributed by atoms with Crippen LogP contribution in [-0.2, 0) is 64.9 Å². The number of halogens is 7. The van der Waals surface area contributed by atoms with Gasteiger partial charge in [0.2, 0.25) is 11.8 Å². The molecular formula is C75H87F7N8O9. The fraction of sp³-hybridized carbons (Fsp3) is 0.453. The third-order valence-corrected chi connectivity index (χ3v) is 19.6. The van der Waals surface area contributed by atoms with Crippen LogP contribution in [0.4, 0.5) is 51.7 Å². The molecule has 530 valence electrons. The molecule has 1 aliphatic carbocycles. The zero-order valence-corrected chi connectivity index (χ0v) is 56.0. The molecule has 6 aromatic carbocycles. The third-order valence-electron chi connectivity index (χ3n) is 19.6. The lowest BCUT2D eigenvalue weighted by Gasteiger charge is -2.44. The molecule has 0 saturated carbocycles. The number of likely N-dealkylation sites (N-methyl/N-ethyl adjacent to an activating group) is 2. The number of para-hydroxylation sites is 1. The van der Waals surface area contributed by atoms with E-state index in [-0.39, 0.29) is 56.3 Å². The molecule has 0 bridgehead atoms. The molecule has 10 rings (SSSR count). The molecule has 0 radical (unpaired) electrons. The number of amides is 5. The van der Waals surface area contributed by atoms with Crippen molar-refractivity contribution in [2.45, 2.75) is 119 Å². The van der Waals surface area contributed by atoms with E-state index in [1.807, 2.05) is 98.0 Å². The van der Waals surface area contributed by atoms with Gasteiger partial charge in [-0.2, -0.15) is 26.3 Å². The molecule has 3 N–H and O–H groups in total. The highest BCUT2D eigenvalue weighted by Gasteiger charge is 2.50. The van der Waals surface area contributed by atoms with E-state index < -0.39 is 70.7 Å². The standard InChI is InChI=1S/C75H87F7N8O9/c1-86(36-13-14-44-96-70(94)84-61-28-22-53(23-29-61)49-83-35-12-4-7-21-67(91)87(2)42-43-88-37-30-62(31-38-88)99-71(95)85-65-20-11-9-18-63(65)54-15-5-3-6-16-54)68(92)50-97-66-47-55-17-8-10-19-64(55)72(66)32-39-89(40-33-72)41-34-73(57-24-26-60(76)27-25-57)51-90(52-98-73)69(93)56-45-58(74(77,78)79)48-59(46-56)75(80,81)82/h3,5-6,8-11,15-20,22-29,45-46,48,62,66,83H,4,7,12-14,21,30-44,47,49-52H2,1-2H3,(H,84,94)(H,85,95)/t66-,73-/m0/s1. The zero-order valence-electron chi connectivity index (χ0n) is 56.0. The Morgan fingerprint density at radius 2 is 1.33 bits per heavy atom. The molecule has 3 saturated heterocycles. The van der Waals surface area contributed by atoms with E-state index in [1.165, 1.54) is 24.3 Å². The van der Waals surface area contributed by atoms with Gasteiger partial charge in [-0.25, -0.2) is 14.0 Å². The first-order chi connectivity index (χ1) is 47.5. The number of likely N-dealkylation sites (tertiary alicyclic amines) is 2. The van der Waals surface area contributed by atoms with Gasteiger partial charge in [0.05, 0.1) is 36.1 Å². The minimum Gasteiger partial charge on any atom is -0.449 e. The van der Waals surface area contributed by atoms with E-state index in [2.05, 4.69) is 37.9 Å². The van der Waals surface area contributed by atoms with Crippen molar-refractivity contribution in [1.29, 1.82) is 0 Å². The van der Waals surface area contributed by atoms with Crippen LogP contribution < -0.4 is 16.0 Å². The fourth-order valence-corrected chi connectivity index (χ4v) is 13.7. The number of hydrogen-bond donors (Lipinski definition) is 3. The summed E-state index contributed by atoms with van der Waals surface area (Å²) in [7, 11) is 3.57. The summed E-state index contributed by atoms with van der Waals surface area (Å²) < 4.78 is 121. The quantitative estimate of drug-likeness (QED) is 0.0314. The van der Waals surface area contributed by atoms with E-state index >= 15 is 0 Å². The number of anilines is 2. The first kappa shape index (κ1) is 73.3. The maximum Gasteiger partial charge on any atom is 0.416 e. The highest BCUT2D eigenvalue weighted by molar-refractivity contribution is 5.95. The van der Waals surface area contributed by atoms with Crippen molar-refractivity contribution in [3.8, 4) is 11.1 Å². The summed E-state index contributed by atoms with van der Waals surface area (Å²) in [6.45, 7) is 5.87. The Labute approximate surface area is 573 Å². The van der Waals surface area contributed by atoms with Crippen molar-refractivity contribution >= 4 is 41.3 Å². The Bertz CT molecular complexity index is 3650. The van der Waals surface area contributed by atoms with Crippen LogP contribution in [0.5, 0.6) is 0 Å². The Morgan fingerprint density at radius 1 is 0.667 bits per heavy atom. The van der Waals surface area contributed by atoms with Gasteiger partial charge in [-0.15, -0.1) is 0 Å². The Hall–Kier alpha value is -8.42. The summed E-state index contributed by atoms with van der Waals surface area (Å²) in [5, 5.41) is 9.15. The van der Waals surface area contributed by atoms with Gasteiger partial charge in [-0.1, -0.05) is 103 Å². The number of carbonyl (C=O) groups is 5. The minimum absolute atomic E-state index is 0.0297. The summed E-state index contributed by atoms with van der Waals surface area (Å²) in [5.74, 6) is -1.67. The summed E-state index contributed by atoms with van der Waals surface area (Å²) in [4.78, 5) is 74.7. The lowest BCUT2D eigenvalue weighted by molar-refractivity contribution is -0.143. The lowest BCUT2D eigenvalue weighted by Crippen LogP contribution is -2.50. The fourth-order valence-electron chi connectivity index (χ4n) is 13.7. The van der Waals surface area contributed by atoms with Crippen LogP contribution in [0.25, 0.3) is 11.1 Å². The monoisotopic (exact) mass is 1380 g/mol. The number of ether oxygens (including phenoxy) is 4. The zero-order chi connectivity index (χ0) is 70.2. The third kappa shape index (κ3) is 19.7. The molecule has 0 unspecified atom stereocenters. The average Bonchev–Trinajstić information content (AvgIpc) is 1.61. The average molecular weight is 1380 g/mol. The number of alkyl halides is 6. The van der Waals surface area contributed by atoms with Gasteiger partial charge in [0.1, 0.15) is 30.9 Å².